The molecule has 0 bridgehead atoms. The molecule has 0 unspecified atom stereocenters. The van der Waals surface area contributed by atoms with Gasteiger partial charge in [-0.1, -0.05) is 20.8 Å². The van der Waals surface area contributed by atoms with E-state index in [9.17, 15) is 4.79 Å². The minimum absolute atomic E-state index is 0.244. The average molecular weight is 320 g/mol. The van der Waals surface area contributed by atoms with E-state index in [0.29, 0.717) is 5.92 Å². The molecule has 1 aromatic heterocycles. The Morgan fingerprint density at radius 2 is 1.96 bits per heavy atom. The van der Waals surface area contributed by atoms with Crippen molar-refractivity contribution in [1.29, 1.82) is 0 Å². The van der Waals surface area contributed by atoms with Gasteiger partial charge in [0.15, 0.2) is 0 Å². The van der Waals surface area contributed by atoms with Gasteiger partial charge in [0.05, 0.1) is 12.7 Å². The van der Waals surface area contributed by atoms with Crippen molar-refractivity contribution in [2.24, 2.45) is 11.3 Å². The number of nitrogens with zero attached hydrogens (tertiary/aromatic N) is 4. The van der Waals surface area contributed by atoms with Crippen LogP contribution < -0.4 is 0 Å². The van der Waals surface area contributed by atoms with E-state index in [2.05, 4.69) is 23.1 Å². The lowest BCUT2D eigenvalue weighted by Crippen LogP contribution is -2.43. The molecule has 1 amide bonds. The maximum absolute atomic E-state index is 12.3. The number of amides is 1. The number of piperidine rings is 1. The van der Waals surface area contributed by atoms with E-state index < -0.39 is 0 Å². The molecule has 0 aliphatic carbocycles. The summed E-state index contributed by atoms with van der Waals surface area (Å²) < 4.78 is 2.02. The molecule has 0 spiro atoms. The highest BCUT2D eigenvalue weighted by atomic mass is 16.2. The number of carbonyl (C=O) groups is 1. The summed E-state index contributed by atoms with van der Waals surface area (Å²) in [5.74, 6) is 0.878. The molecule has 2 rings (SSSR count). The summed E-state index contributed by atoms with van der Waals surface area (Å²) in [5.41, 5.74) is 0.937. The van der Waals surface area contributed by atoms with Gasteiger partial charge >= 0.3 is 0 Å². The first-order valence-corrected chi connectivity index (χ1v) is 8.72. The Hall–Kier alpha value is -1.36. The van der Waals surface area contributed by atoms with Crippen molar-refractivity contribution in [2.75, 3.05) is 33.2 Å². The molecule has 0 radical (unpaired) electrons. The topological polar surface area (TPSA) is 41.4 Å². The largest absolute Gasteiger partial charge is 0.345 e. The molecule has 1 fully saturated rings. The normalized spacial score (nSPS) is 17.4. The molecule has 1 saturated heterocycles. The van der Waals surface area contributed by atoms with Crippen LogP contribution in [0.3, 0.4) is 0 Å². The van der Waals surface area contributed by atoms with Crippen LogP contribution in [-0.4, -0.2) is 58.7 Å². The Morgan fingerprint density at radius 1 is 1.30 bits per heavy atom. The molecule has 5 nitrogen and oxygen atoms in total. The molecule has 1 aliphatic heterocycles. The van der Waals surface area contributed by atoms with Gasteiger partial charge in [0.25, 0.3) is 0 Å². The standard InChI is InChI=1S/C18H32N4O/c1-15-12-19-22(13-15)11-10-21-8-6-16(7-9-21)14-20(5)17(23)18(2,3)4/h12-13,16H,6-11,14H2,1-5H3. The highest BCUT2D eigenvalue weighted by Gasteiger charge is 2.27. The Labute approximate surface area is 140 Å². The van der Waals surface area contributed by atoms with Crippen LogP contribution >= 0.6 is 0 Å². The van der Waals surface area contributed by atoms with E-state index in [1.165, 1.54) is 18.4 Å². The quantitative estimate of drug-likeness (QED) is 0.836. The fourth-order valence-electron chi connectivity index (χ4n) is 3.27. The third-order valence-electron chi connectivity index (χ3n) is 4.64. The number of aromatic nitrogens is 2. The number of hydrogen-bond donors (Lipinski definition) is 0. The van der Waals surface area contributed by atoms with Crippen LogP contribution in [0.1, 0.15) is 39.2 Å². The second-order valence-corrected chi connectivity index (χ2v) is 8.00. The van der Waals surface area contributed by atoms with Crippen molar-refractivity contribution >= 4 is 5.91 Å². The first-order valence-electron chi connectivity index (χ1n) is 8.72. The predicted octanol–water partition coefficient (Wildman–Crippen LogP) is 2.41. The molecule has 1 aliphatic rings. The third-order valence-corrected chi connectivity index (χ3v) is 4.64. The van der Waals surface area contributed by atoms with Crippen molar-refractivity contribution in [3.8, 4) is 0 Å². The fraction of sp³-hybridized carbons (Fsp3) is 0.778. The van der Waals surface area contributed by atoms with Crippen LogP contribution in [0.25, 0.3) is 0 Å². The summed E-state index contributed by atoms with van der Waals surface area (Å²) >= 11 is 0. The highest BCUT2D eigenvalue weighted by Crippen LogP contribution is 2.21. The van der Waals surface area contributed by atoms with Gasteiger partial charge in [0, 0.05) is 31.7 Å². The summed E-state index contributed by atoms with van der Waals surface area (Å²) in [6.45, 7) is 13.2. The first kappa shape index (κ1) is 18.0. The van der Waals surface area contributed by atoms with Gasteiger partial charge in [0.2, 0.25) is 5.91 Å². The zero-order valence-electron chi connectivity index (χ0n) is 15.4. The zero-order valence-corrected chi connectivity index (χ0v) is 15.4. The van der Waals surface area contributed by atoms with Crippen LogP contribution in [0, 0.1) is 18.3 Å². The molecular formula is C18H32N4O. The predicted molar refractivity (Wildman–Crippen MR) is 93.2 cm³/mol. The van der Waals surface area contributed by atoms with Gasteiger partial charge in [-0.25, -0.2) is 0 Å². The van der Waals surface area contributed by atoms with E-state index in [4.69, 9.17) is 0 Å². The lowest BCUT2D eigenvalue weighted by Gasteiger charge is -2.35. The fourth-order valence-corrected chi connectivity index (χ4v) is 3.27. The van der Waals surface area contributed by atoms with Crippen molar-refractivity contribution in [1.82, 2.24) is 19.6 Å². The van der Waals surface area contributed by atoms with Gasteiger partial charge in [-0.2, -0.15) is 5.10 Å². The molecule has 0 atom stereocenters. The molecule has 0 aromatic carbocycles. The lowest BCUT2D eigenvalue weighted by molar-refractivity contribution is -0.138. The smallest absolute Gasteiger partial charge is 0.227 e. The first-order chi connectivity index (χ1) is 10.8. The minimum atomic E-state index is -0.280. The van der Waals surface area contributed by atoms with Crippen LogP contribution in [0.15, 0.2) is 12.4 Å². The van der Waals surface area contributed by atoms with Crippen molar-refractivity contribution in [3.63, 3.8) is 0 Å². The summed E-state index contributed by atoms with van der Waals surface area (Å²) in [7, 11) is 1.94. The van der Waals surface area contributed by atoms with Crippen molar-refractivity contribution in [2.45, 2.75) is 47.1 Å². The summed E-state index contributed by atoms with van der Waals surface area (Å²) in [5, 5.41) is 4.34. The zero-order chi connectivity index (χ0) is 17.0. The Morgan fingerprint density at radius 3 is 2.48 bits per heavy atom. The summed E-state index contributed by atoms with van der Waals surface area (Å²) in [6, 6.07) is 0. The van der Waals surface area contributed by atoms with Gasteiger partial charge in [-0.15, -0.1) is 0 Å². The van der Waals surface area contributed by atoms with Crippen LogP contribution in [-0.2, 0) is 11.3 Å². The Balaban J connectivity index is 1.70. The lowest BCUT2D eigenvalue weighted by atomic mass is 9.92. The molecule has 130 valence electrons. The second kappa shape index (κ2) is 7.47. The molecule has 1 aromatic rings. The van der Waals surface area contributed by atoms with E-state index in [-0.39, 0.29) is 11.3 Å². The van der Waals surface area contributed by atoms with Crippen molar-refractivity contribution in [3.05, 3.63) is 18.0 Å². The van der Waals surface area contributed by atoms with E-state index in [0.717, 1.165) is 32.7 Å². The Kier molecular flexibility index (Phi) is 5.84. The number of carbonyl (C=O) groups excluding carboxylic acids is 1. The summed E-state index contributed by atoms with van der Waals surface area (Å²) in [4.78, 5) is 16.7. The maximum Gasteiger partial charge on any atom is 0.227 e. The number of aryl methyl sites for hydroxylation is 1. The monoisotopic (exact) mass is 320 g/mol. The third kappa shape index (κ3) is 5.34. The molecule has 5 heteroatoms. The van der Waals surface area contributed by atoms with Gasteiger partial charge in [-0.05, 0) is 44.3 Å². The maximum atomic E-state index is 12.3. The van der Waals surface area contributed by atoms with Gasteiger partial charge in [0.1, 0.15) is 0 Å². The Bertz CT molecular complexity index is 509. The molecule has 2 heterocycles. The summed E-state index contributed by atoms with van der Waals surface area (Å²) in [6.07, 6.45) is 6.37. The van der Waals surface area contributed by atoms with Crippen LogP contribution in [0.5, 0.6) is 0 Å². The number of likely N-dealkylation sites (tertiary alicyclic amines) is 1. The number of rotatable bonds is 5. The average Bonchev–Trinajstić information content (AvgIpc) is 2.90. The minimum Gasteiger partial charge on any atom is -0.345 e. The molecule has 23 heavy (non-hydrogen) atoms. The van der Waals surface area contributed by atoms with E-state index in [1.54, 1.807) is 0 Å². The molecule has 0 N–H and O–H groups in total. The SMILES string of the molecule is Cc1cnn(CCN2CCC(CN(C)C(=O)C(C)(C)C)CC2)c1. The molecule has 0 saturated carbocycles. The van der Waals surface area contributed by atoms with E-state index in [1.807, 2.05) is 43.6 Å². The van der Waals surface area contributed by atoms with Gasteiger partial charge in [-0.3, -0.25) is 9.48 Å². The van der Waals surface area contributed by atoms with E-state index >= 15 is 0 Å². The number of hydrogen-bond acceptors (Lipinski definition) is 3. The highest BCUT2D eigenvalue weighted by molar-refractivity contribution is 5.81. The molecular weight excluding hydrogens is 288 g/mol. The second-order valence-electron chi connectivity index (χ2n) is 8.00. The van der Waals surface area contributed by atoms with Crippen LogP contribution in [0.4, 0.5) is 0 Å². The van der Waals surface area contributed by atoms with Gasteiger partial charge < -0.3 is 9.80 Å². The van der Waals surface area contributed by atoms with Crippen molar-refractivity contribution < 1.29 is 4.79 Å². The van der Waals surface area contributed by atoms with Crippen LogP contribution in [0.2, 0.25) is 0 Å².